The van der Waals surface area contributed by atoms with E-state index >= 15 is 0 Å². The normalized spacial score (nSPS) is 27.6. The van der Waals surface area contributed by atoms with Gasteiger partial charge in [-0.15, -0.1) is 12.3 Å². The lowest BCUT2D eigenvalue weighted by molar-refractivity contribution is -0.135. The van der Waals surface area contributed by atoms with Crippen LogP contribution >= 0.6 is 0 Å². The van der Waals surface area contributed by atoms with Crippen molar-refractivity contribution in [2.75, 3.05) is 19.6 Å². The molecule has 0 aromatic heterocycles. The molecule has 2 heterocycles. The number of rotatable bonds is 4. The van der Waals surface area contributed by atoms with Gasteiger partial charge >= 0.3 is 0 Å². The molecule has 2 rings (SSSR count). The Bertz CT molecular complexity index is 308. The van der Waals surface area contributed by atoms with E-state index in [-0.39, 0.29) is 0 Å². The van der Waals surface area contributed by atoms with Crippen molar-refractivity contribution in [3.8, 4) is 12.3 Å². The van der Waals surface area contributed by atoms with Crippen molar-refractivity contribution in [1.29, 1.82) is 0 Å². The first-order valence-electron chi connectivity index (χ1n) is 6.76. The molecule has 2 aliphatic rings. The van der Waals surface area contributed by atoms with Gasteiger partial charge in [0.1, 0.15) is 0 Å². The third-order valence-corrected chi connectivity index (χ3v) is 3.96. The number of carbonyl (C=O) groups excluding carboxylic acids is 1. The third kappa shape index (κ3) is 3.01. The molecule has 1 amide bonds. The number of nitrogens with zero attached hydrogens (tertiary/aromatic N) is 1. The molecule has 3 nitrogen and oxygen atoms in total. The van der Waals surface area contributed by atoms with Crippen LogP contribution in [0.1, 0.15) is 38.5 Å². The molecule has 2 fully saturated rings. The maximum absolute atomic E-state index is 12.2. The van der Waals surface area contributed by atoms with Gasteiger partial charge in [-0.05, 0) is 31.6 Å². The zero-order valence-electron chi connectivity index (χ0n) is 10.5. The summed E-state index contributed by atoms with van der Waals surface area (Å²) in [4.78, 5) is 14.3. The van der Waals surface area contributed by atoms with E-state index in [0.717, 1.165) is 38.9 Å². The van der Waals surface area contributed by atoms with Crippen LogP contribution in [-0.4, -0.2) is 36.5 Å². The number of nitrogens with one attached hydrogen (secondary N) is 1. The first-order chi connectivity index (χ1) is 8.33. The highest BCUT2D eigenvalue weighted by molar-refractivity contribution is 5.76. The quantitative estimate of drug-likeness (QED) is 0.589. The van der Waals surface area contributed by atoms with Crippen LogP contribution in [0.2, 0.25) is 0 Å². The van der Waals surface area contributed by atoms with Gasteiger partial charge in [-0.25, -0.2) is 0 Å². The fraction of sp³-hybridized carbons (Fsp3) is 0.786. The molecular formula is C14H22N2O. The molecule has 0 saturated carbocycles. The average molecular weight is 234 g/mol. The van der Waals surface area contributed by atoms with E-state index in [1.54, 1.807) is 0 Å². The Labute approximate surface area is 104 Å². The number of piperidine rings is 1. The second kappa shape index (κ2) is 6.07. The molecule has 94 valence electrons. The van der Waals surface area contributed by atoms with Crippen molar-refractivity contribution >= 4 is 5.91 Å². The number of amides is 1. The number of fused-ring (bicyclic) bond motifs is 1. The van der Waals surface area contributed by atoms with Gasteiger partial charge in [0.2, 0.25) is 5.91 Å². The first kappa shape index (κ1) is 12.4. The standard InChI is InChI=1S/C14H22N2O/c1-2-3-4-5-8-14(17)16-9-6-7-12-10-15-11-13(12)16/h1,12-13,15H,3-11H2. The molecule has 2 atom stereocenters. The molecule has 0 aromatic rings. The Kier molecular flexibility index (Phi) is 4.44. The summed E-state index contributed by atoms with van der Waals surface area (Å²) in [5, 5.41) is 3.41. The smallest absolute Gasteiger partial charge is 0.222 e. The highest BCUT2D eigenvalue weighted by Crippen LogP contribution is 2.27. The minimum Gasteiger partial charge on any atom is -0.338 e. The van der Waals surface area contributed by atoms with Crippen molar-refractivity contribution in [2.24, 2.45) is 5.92 Å². The summed E-state index contributed by atoms with van der Waals surface area (Å²) in [5.41, 5.74) is 0. The van der Waals surface area contributed by atoms with Gasteiger partial charge in [0, 0.05) is 38.5 Å². The van der Waals surface area contributed by atoms with Gasteiger partial charge < -0.3 is 10.2 Å². The van der Waals surface area contributed by atoms with Gasteiger partial charge in [-0.1, -0.05) is 0 Å². The highest BCUT2D eigenvalue weighted by atomic mass is 16.2. The van der Waals surface area contributed by atoms with Crippen molar-refractivity contribution < 1.29 is 4.79 Å². The fourth-order valence-electron chi connectivity index (χ4n) is 3.02. The molecule has 0 bridgehead atoms. The number of unbranched alkanes of at least 4 members (excludes halogenated alkanes) is 2. The van der Waals surface area contributed by atoms with Crippen molar-refractivity contribution in [2.45, 2.75) is 44.6 Å². The molecule has 17 heavy (non-hydrogen) atoms. The van der Waals surface area contributed by atoms with E-state index in [1.165, 1.54) is 12.8 Å². The van der Waals surface area contributed by atoms with E-state index < -0.39 is 0 Å². The SMILES string of the molecule is C#CCCCCC(=O)N1CCCC2CNCC21. The maximum Gasteiger partial charge on any atom is 0.222 e. The van der Waals surface area contributed by atoms with Crippen LogP contribution in [0, 0.1) is 18.3 Å². The molecule has 0 aliphatic carbocycles. The van der Waals surface area contributed by atoms with E-state index in [4.69, 9.17) is 6.42 Å². The van der Waals surface area contributed by atoms with Crippen molar-refractivity contribution in [3.63, 3.8) is 0 Å². The second-order valence-corrected chi connectivity index (χ2v) is 5.13. The van der Waals surface area contributed by atoms with Gasteiger partial charge in [-0.2, -0.15) is 0 Å². The molecule has 2 saturated heterocycles. The molecule has 0 radical (unpaired) electrons. The zero-order valence-corrected chi connectivity index (χ0v) is 10.5. The Hall–Kier alpha value is -1.01. The molecule has 0 spiro atoms. The number of likely N-dealkylation sites (tertiary alicyclic amines) is 1. The fourth-order valence-corrected chi connectivity index (χ4v) is 3.02. The molecule has 1 N–H and O–H groups in total. The van der Waals surface area contributed by atoms with E-state index in [0.29, 0.717) is 24.3 Å². The van der Waals surface area contributed by atoms with Crippen molar-refractivity contribution in [1.82, 2.24) is 10.2 Å². The lowest BCUT2D eigenvalue weighted by Crippen LogP contribution is -2.48. The number of terminal acetylenes is 1. The lowest BCUT2D eigenvalue weighted by Gasteiger charge is -2.37. The van der Waals surface area contributed by atoms with Crippen molar-refractivity contribution in [3.05, 3.63) is 0 Å². The average Bonchev–Trinajstić information content (AvgIpc) is 2.82. The van der Waals surface area contributed by atoms with Crippen LogP contribution in [0.4, 0.5) is 0 Å². The van der Waals surface area contributed by atoms with Crippen LogP contribution in [0.3, 0.4) is 0 Å². The number of carbonyl (C=O) groups is 1. The summed E-state index contributed by atoms with van der Waals surface area (Å²) in [6.45, 7) is 3.03. The van der Waals surface area contributed by atoms with E-state index in [9.17, 15) is 4.79 Å². The van der Waals surface area contributed by atoms with Crippen LogP contribution in [-0.2, 0) is 4.79 Å². The Morgan fingerprint density at radius 1 is 1.41 bits per heavy atom. The lowest BCUT2D eigenvalue weighted by atomic mass is 9.91. The second-order valence-electron chi connectivity index (χ2n) is 5.13. The topological polar surface area (TPSA) is 32.3 Å². The molecule has 0 aromatic carbocycles. The summed E-state index contributed by atoms with van der Waals surface area (Å²) in [6, 6.07) is 0.462. The van der Waals surface area contributed by atoms with E-state index in [1.807, 2.05) is 0 Å². The zero-order chi connectivity index (χ0) is 12.1. The monoisotopic (exact) mass is 234 g/mol. The highest BCUT2D eigenvalue weighted by Gasteiger charge is 2.36. The molecule has 3 heteroatoms. The van der Waals surface area contributed by atoms with Gasteiger partial charge in [0.05, 0.1) is 0 Å². The van der Waals surface area contributed by atoms with Gasteiger partial charge in [0.25, 0.3) is 0 Å². The minimum atomic E-state index is 0.334. The molecule has 2 aliphatic heterocycles. The summed E-state index contributed by atoms with van der Waals surface area (Å²) in [6.07, 6.45) is 11.0. The van der Waals surface area contributed by atoms with E-state index in [2.05, 4.69) is 16.1 Å². The van der Waals surface area contributed by atoms with Gasteiger partial charge in [-0.3, -0.25) is 4.79 Å². The van der Waals surface area contributed by atoms with Crippen LogP contribution in [0.15, 0.2) is 0 Å². The summed E-state index contributed by atoms with van der Waals surface area (Å²) in [5.74, 6) is 3.65. The Morgan fingerprint density at radius 3 is 3.12 bits per heavy atom. The largest absolute Gasteiger partial charge is 0.338 e. The number of hydrogen-bond acceptors (Lipinski definition) is 2. The number of hydrogen-bond donors (Lipinski definition) is 1. The third-order valence-electron chi connectivity index (χ3n) is 3.96. The van der Waals surface area contributed by atoms with Crippen LogP contribution < -0.4 is 5.32 Å². The van der Waals surface area contributed by atoms with Gasteiger partial charge in [0.15, 0.2) is 0 Å². The first-order valence-corrected chi connectivity index (χ1v) is 6.76. The summed E-state index contributed by atoms with van der Waals surface area (Å²) < 4.78 is 0. The van der Waals surface area contributed by atoms with Crippen LogP contribution in [0.5, 0.6) is 0 Å². The maximum atomic E-state index is 12.2. The minimum absolute atomic E-state index is 0.334. The van der Waals surface area contributed by atoms with Crippen LogP contribution in [0.25, 0.3) is 0 Å². The molecular weight excluding hydrogens is 212 g/mol. The molecule has 2 unspecified atom stereocenters. The predicted octanol–water partition coefficient (Wildman–Crippen LogP) is 1.39. The Balaban J connectivity index is 1.79. The summed E-state index contributed by atoms with van der Waals surface area (Å²) >= 11 is 0. The Morgan fingerprint density at radius 2 is 2.29 bits per heavy atom. The summed E-state index contributed by atoms with van der Waals surface area (Å²) in [7, 11) is 0. The predicted molar refractivity (Wildman–Crippen MR) is 68.4 cm³/mol.